The first kappa shape index (κ1) is 18.8. The summed E-state index contributed by atoms with van der Waals surface area (Å²) in [6, 6.07) is 10.4. The SMILES string of the molecule is CCc1ccc(OCc2c(F)cccc2N(CC)C(=O)NC)c(C)c1. The van der Waals surface area contributed by atoms with Crippen LogP contribution >= 0.6 is 0 Å². The molecule has 0 bridgehead atoms. The van der Waals surface area contributed by atoms with Crippen LogP contribution in [0.2, 0.25) is 0 Å². The summed E-state index contributed by atoms with van der Waals surface area (Å²) in [6.45, 7) is 6.40. The molecule has 0 unspecified atom stereocenters. The van der Waals surface area contributed by atoms with Crippen LogP contribution in [0.5, 0.6) is 5.75 Å². The van der Waals surface area contributed by atoms with Gasteiger partial charge in [-0.25, -0.2) is 9.18 Å². The summed E-state index contributed by atoms with van der Waals surface area (Å²) >= 11 is 0. The molecule has 0 radical (unpaired) electrons. The third kappa shape index (κ3) is 4.29. The maximum Gasteiger partial charge on any atom is 0.321 e. The Labute approximate surface area is 148 Å². The van der Waals surface area contributed by atoms with E-state index < -0.39 is 0 Å². The molecule has 2 amide bonds. The Kier molecular flexibility index (Phi) is 6.39. The maximum absolute atomic E-state index is 14.4. The monoisotopic (exact) mass is 344 g/mol. The summed E-state index contributed by atoms with van der Waals surface area (Å²) in [6.07, 6.45) is 0.955. The highest BCUT2D eigenvalue weighted by atomic mass is 19.1. The molecule has 0 heterocycles. The summed E-state index contributed by atoms with van der Waals surface area (Å²) in [5.41, 5.74) is 3.13. The van der Waals surface area contributed by atoms with Crippen LogP contribution in [0.4, 0.5) is 14.9 Å². The number of aryl methyl sites for hydroxylation is 2. The highest BCUT2D eigenvalue weighted by molar-refractivity contribution is 5.92. The Morgan fingerprint density at radius 3 is 2.60 bits per heavy atom. The topological polar surface area (TPSA) is 41.6 Å². The Hall–Kier alpha value is -2.56. The molecular weight excluding hydrogens is 319 g/mol. The minimum Gasteiger partial charge on any atom is -0.488 e. The zero-order chi connectivity index (χ0) is 18.4. The lowest BCUT2D eigenvalue weighted by Gasteiger charge is -2.24. The second kappa shape index (κ2) is 8.51. The van der Waals surface area contributed by atoms with Gasteiger partial charge in [0, 0.05) is 19.2 Å². The summed E-state index contributed by atoms with van der Waals surface area (Å²) < 4.78 is 20.3. The van der Waals surface area contributed by atoms with Crippen molar-refractivity contribution in [2.75, 3.05) is 18.5 Å². The normalized spacial score (nSPS) is 10.4. The van der Waals surface area contributed by atoms with E-state index in [0.717, 1.165) is 17.7 Å². The molecule has 2 rings (SSSR count). The molecule has 0 fully saturated rings. The van der Waals surface area contributed by atoms with Gasteiger partial charge in [-0.1, -0.05) is 25.1 Å². The van der Waals surface area contributed by atoms with Gasteiger partial charge in [0.25, 0.3) is 0 Å². The molecule has 5 heteroatoms. The van der Waals surface area contributed by atoms with Crippen molar-refractivity contribution in [3.63, 3.8) is 0 Å². The fraction of sp³-hybridized carbons (Fsp3) is 0.350. The number of amides is 2. The molecule has 134 valence electrons. The molecule has 25 heavy (non-hydrogen) atoms. The Balaban J connectivity index is 2.29. The van der Waals surface area contributed by atoms with Crippen molar-refractivity contribution >= 4 is 11.7 Å². The number of nitrogens with zero attached hydrogens (tertiary/aromatic N) is 1. The largest absolute Gasteiger partial charge is 0.488 e. The molecule has 0 aliphatic rings. The number of ether oxygens (including phenoxy) is 1. The minimum atomic E-state index is -0.386. The fourth-order valence-corrected chi connectivity index (χ4v) is 2.74. The molecule has 0 spiro atoms. The van der Waals surface area contributed by atoms with Crippen LogP contribution in [0.1, 0.15) is 30.5 Å². The van der Waals surface area contributed by atoms with Gasteiger partial charge in [0.15, 0.2) is 0 Å². The van der Waals surface area contributed by atoms with Crippen molar-refractivity contribution in [1.82, 2.24) is 5.32 Å². The molecular formula is C20H25FN2O2. The Bertz CT molecular complexity index is 746. The lowest BCUT2D eigenvalue weighted by atomic mass is 10.1. The van der Waals surface area contributed by atoms with Gasteiger partial charge in [-0.3, -0.25) is 4.90 Å². The molecule has 2 aromatic rings. The number of benzene rings is 2. The lowest BCUT2D eigenvalue weighted by molar-refractivity contribution is 0.248. The fourth-order valence-electron chi connectivity index (χ4n) is 2.74. The molecule has 2 aromatic carbocycles. The van der Waals surface area contributed by atoms with Crippen molar-refractivity contribution in [3.8, 4) is 5.75 Å². The van der Waals surface area contributed by atoms with Gasteiger partial charge in [-0.15, -0.1) is 0 Å². The van der Waals surface area contributed by atoms with Gasteiger partial charge in [-0.05, 0) is 49.6 Å². The van der Waals surface area contributed by atoms with Gasteiger partial charge >= 0.3 is 6.03 Å². The second-order valence-electron chi connectivity index (χ2n) is 5.78. The summed E-state index contributed by atoms with van der Waals surface area (Å²) in [5.74, 6) is 0.331. The number of anilines is 1. The predicted octanol–water partition coefficient (Wildman–Crippen LogP) is 4.44. The molecule has 0 saturated carbocycles. The van der Waals surface area contributed by atoms with Gasteiger partial charge < -0.3 is 10.1 Å². The third-order valence-corrected chi connectivity index (χ3v) is 4.18. The highest BCUT2D eigenvalue weighted by Gasteiger charge is 2.19. The second-order valence-corrected chi connectivity index (χ2v) is 5.78. The van der Waals surface area contributed by atoms with E-state index in [1.165, 1.54) is 16.5 Å². The van der Waals surface area contributed by atoms with Gasteiger partial charge in [0.2, 0.25) is 0 Å². The van der Waals surface area contributed by atoms with Gasteiger partial charge in [-0.2, -0.15) is 0 Å². The molecule has 0 aliphatic heterocycles. The van der Waals surface area contributed by atoms with Crippen LogP contribution in [0.25, 0.3) is 0 Å². The first-order valence-electron chi connectivity index (χ1n) is 8.50. The number of nitrogens with one attached hydrogen (secondary N) is 1. The molecule has 4 nitrogen and oxygen atoms in total. The number of carbonyl (C=O) groups is 1. The zero-order valence-corrected chi connectivity index (χ0v) is 15.2. The average Bonchev–Trinajstić information content (AvgIpc) is 2.62. The van der Waals surface area contributed by atoms with Crippen molar-refractivity contribution in [1.29, 1.82) is 0 Å². The van der Waals surface area contributed by atoms with E-state index in [1.54, 1.807) is 19.2 Å². The number of hydrogen-bond donors (Lipinski definition) is 1. The number of carbonyl (C=O) groups excluding carboxylic acids is 1. The van der Waals surface area contributed by atoms with Gasteiger partial charge in [0.1, 0.15) is 18.2 Å². The van der Waals surface area contributed by atoms with Crippen molar-refractivity contribution in [2.24, 2.45) is 0 Å². The first-order valence-corrected chi connectivity index (χ1v) is 8.50. The van der Waals surface area contributed by atoms with E-state index in [4.69, 9.17) is 4.74 Å². The lowest BCUT2D eigenvalue weighted by Crippen LogP contribution is -2.38. The van der Waals surface area contributed by atoms with E-state index in [-0.39, 0.29) is 18.5 Å². The minimum absolute atomic E-state index is 0.0574. The van der Waals surface area contributed by atoms with Crippen LogP contribution < -0.4 is 15.0 Å². The number of rotatable bonds is 6. The van der Waals surface area contributed by atoms with E-state index in [9.17, 15) is 9.18 Å². The van der Waals surface area contributed by atoms with Crippen LogP contribution in [-0.4, -0.2) is 19.6 Å². The third-order valence-electron chi connectivity index (χ3n) is 4.18. The maximum atomic E-state index is 14.4. The standard InChI is InChI=1S/C20H25FN2O2/c1-5-15-10-11-19(14(3)12-15)25-13-16-17(21)8-7-9-18(16)23(6-2)20(24)22-4/h7-12H,5-6,13H2,1-4H3,(H,22,24). The average molecular weight is 344 g/mol. The molecule has 1 N–H and O–H groups in total. The van der Waals surface area contributed by atoms with Crippen LogP contribution in [0.15, 0.2) is 36.4 Å². The van der Waals surface area contributed by atoms with Crippen LogP contribution in [-0.2, 0) is 13.0 Å². The molecule has 0 aromatic heterocycles. The van der Waals surface area contributed by atoms with Crippen molar-refractivity contribution in [3.05, 3.63) is 58.9 Å². The molecule has 0 aliphatic carbocycles. The number of halogens is 1. The zero-order valence-electron chi connectivity index (χ0n) is 15.2. The predicted molar refractivity (Wildman–Crippen MR) is 98.8 cm³/mol. The summed E-state index contributed by atoms with van der Waals surface area (Å²) in [5, 5.41) is 2.58. The first-order chi connectivity index (χ1) is 12.0. The van der Waals surface area contributed by atoms with Crippen LogP contribution in [0, 0.1) is 12.7 Å². The molecule has 0 saturated heterocycles. The van der Waals surface area contributed by atoms with Crippen molar-refractivity contribution in [2.45, 2.75) is 33.8 Å². The number of hydrogen-bond acceptors (Lipinski definition) is 2. The van der Waals surface area contributed by atoms with E-state index in [0.29, 0.717) is 17.8 Å². The van der Waals surface area contributed by atoms with Crippen LogP contribution in [0.3, 0.4) is 0 Å². The summed E-state index contributed by atoms with van der Waals surface area (Å²) in [7, 11) is 1.55. The quantitative estimate of drug-likeness (QED) is 0.842. The smallest absolute Gasteiger partial charge is 0.321 e. The highest BCUT2D eigenvalue weighted by Crippen LogP contribution is 2.27. The molecule has 0 atom stereocenters. The van der Waals surface area contributed by atoms with E-state index in [2.05, 4.69) is 18.3 Å². The van der Waals surface area contributed by atoms with Crippen molar-refractivity contribution < 1.29 is 13.9 Å². The Morgan fingerprint density at radius 2 is 2.00 bits per heavy atom. The van der Waals surface area contributed by atoms with E-state index in [1.807, 2.05) is 26.0 Å². The summed E-state index contributed by atoms with van der Waals surface area (Å²) in [4.78, 5) is 13.6. The van der Waals surface area contributed by atoms with E-state index >= 15 is 0 Å². The Morgan fingerprint density at radius 1 is 1.24 bits per heavy atom. The van der Waals surface area contributed by atoms with Gasteiger partial charge in [0.05, 0.1) is 5.69 Å². The number of urea groups is 1.